The van der Waals surface area contributed by atoms with E-state index in [1.807, 2.05) is 29.2 Å². The zero-order chi connectivity index (χ0) is 15.4. The van der Waals surface area contributed by atoms with E-state index in [-0.39, 0.29) is 12.1 Å². The summed E-state index contributed by atoms with van der Waals surface area (Å²) in [5.74, 6) is 0. The summed E-state index contributed by atoms with van der Waals surface area (Å²) < 4.78 is 6.72. The molecule has 1 N–H and O–H groups in total. The molecular weight excluding hydrogens is 284 g/mol. The van der Waals surface area contributed by atoms with E-state index < -0.39 is 0 Å². The highest BCUT2D eigenvalue weighted by molar-refractivity contribution is 5.90. The first-order chi connectivity index (χ1) is 10.8. The molecular formula is C14H18N6O2. The molecule has 1 aliphatic heterocycles. The van der Waals surface area contributed by atoms with E-state index in [9.17, 15) is 4.79 Å². The van der Waals surface area contributed by atoms with Crippen LogP contribution in [0.2, 0.25) is 0 Å². The number of hydrogen-bond donors (Lipinski definition) is 1. The van der Waals surface area contributed by atoms with Gasteiger partial charge in [-0.25, -0.2) is 9.48 Å². The Bertz CT molecular complexity index is 630. The molecule has 2 heterocycles. The second-order valence-corrected chi connectivity index (χ2v) is 5.18. The summed E-state index contributed by atoms with van der Waals surface area (Å²) in [6, 6.07) is 7.43. The van der Waals surface area contributed by atoms with Crippen molar-refractivity contribution in [2.45, 2.75) is 18.9 Å². The van der Waals surface area contributed by atoms with E-state index in [1.54, 1.807) is 11.8 Å². The van der Waals surface area contributed by atoms with Crippen molar-refractivity contribution >= 4 is 11.7 Å². The van der Waals surface area contributed by atoms with E-state index in [0.717, 1.165) is 25.1 Å². The molecule has 0 bridgehead atoms. The molecule has 1 atom stereocenters. The van der Waals surface area contributed by atoms with Crippen LogP contribution in [0.1, 0.15) is 12.8 Å². The number of nitrogens with zero attached hydrogens (tertiary/aromatic N) is 5. The van der Waals surface area contributed by atoms with Crippen molar-refractivity contribution in [3.8, 4) is 5.69 Å². The van der Waals surface area contributed by atoms with Crippen molar-refractivity contribution in [2.24, 2.45) is 0 Å². The maximum absolute atomic E-state index is 12.4. The number of anilines is 1. The van der Waals surface area contributed by atoms with Crippen LogP contribution in [0.15, 0.2) is 30.6 Å². The number of amides is 2. The fraction of sp³-hybridized carbons (Fsp3) is 0.429. The van der Waals surface area contributed by atoms with Crippen LogP contribution in [0, 0.1) is 0 Å². The summed E-state index contributed by atoms with van der Waals surface area (Å²) >= 11 is 0. The third-order valence-electron chi connectivity index (χ3n) is 3.71. The number of rotatable bonds is 4. The van der Waals surface area contributed by atoms with Crippen molar-refractivity contribution in [2.75, 3.05) is 25.6 Å². The highest BCUT2D eigenvalue weighted by Crippen LogP contribution is 2.20. The Kier molecular flexibility index (Phi) is 4.29. The van der Waals surface area contributed by atoms with Crippen molar-refractivity contribution in [1.29, 1.82) is 0 Å². The summed E-state index contributed by atoms with van der Waals surface area (Å²) in [6.45, 7) is 1.32. The number of carbonyl (C=O) groups is 1. The second-order valence-electron chi connectivity index (χ2n) is 5.18. The predicted octanol–water partition coefficient (Wildman–Crippen LogP) is 1.30. The smallest absolute Gasteiger partial charge is 0.322 e. The molecule has 0 radical (unpaired) electrons. The number of benzene rings is 1. The first-order valence-electron chi connectivity index (χ1n) is 7.18. The number of methoxy groups -OCH3 is 1. The summed E-state index contributed by atoms with van der Waals surface area (Å²) in [5.41, 5.74) is 1.50. The largest absolute Gasteiger partial charge is 0.383 e. The first kappa shape index (κ1) is 14.5. The molecule has 0 aliphatic carbocycles. The number of tetrazole rings is 1. The maximum atomic E-state index is 12.4. The summed E-state index contributed by atoms with van der Waals surface area (Å²) in [4.78, 5) is 14.2. The lowest BCUT2D eigenvalue weighted by Crippen LogP contribution is -2.40. The predicted molar refractivity (Wildman–Crippen MR) is 79.8 cm³/mol. The van der Waals surface area contributed by atoms with Crippen LogP contribution < -0.4 is 5.32 Å². The molecule has 8 heteroatoms. The van der Waals surface area contributed by atoms with Crippen molar-refractivity contribution in [3.63, 3.8) is 0 Å². The highest BCUT2D eigenvalue weighted by Gasteiger charge is 2.28. The quantitative estimate of drug-likeness (QED) is 0.920. The van der Waals surface area contributed by atoms with Gasteiger partial charge in [-0.1, -0.05) is 6.07 Å². The molecule has 1 aliphatic rings. The SMILES string of the molecule is COC[C@@H]1CCCN1C(=O)Nc1cccc(-n2cnnn2)c1. The van der Waals surface area contributed by atoms with Gasteiger partial charge in [-0.2, -0.15) is 0 Å². The molecule has 0 unspecified atom stereocenters. The van der Waals surface area contributed by atoms with Gasteiger partial charge in [0.25, 0.3) is 0 Å². The monoisotopic (exact) mass is 302 g/mol. The summed E-state index contributed by atoms with van der Waals surface area (Å²) in [5, 5.41) is 14.0. The Labute approximate surface area is 128 Å². The molecule has 1 saturated heterocycles. The van der Waals surface area contributed by atoms with Crippen LogP contribution in [-0.4, -0.2) is 57.4 Å². The van der Waals surface area contributed by atoms with E-state index in [4.69, 9.17) is 4.74 Å². The van der Waals surface area contributed by atoms with Gasteiger partial charge in [0.15, 0.2) is 0 Å². The van der Waals surface area contributed by atoms with Crippen LogP contribution in [-0.2, 0) is 4.74 Å². The lowest BCUT2D eigenvalue weighted by Gasteiger charge is -2.24. The normalized spacial score (nSPS) is 17.7. The van der Waals surface area contributed by atoms with E-state index in [1.165, 1.54) is 6.33 Å². The van der Waals surface area contributed by atoms with Crippen LogP contribution in [0.5, 0.6) is 0 Å². The van der Waals surface area contributed by atoms with Crippen molar-refractivity contribution in [3.05, 3.63) is 30.6 Å². The fourth-order valence-electron chi connectivity index (χ4n) is 2.67. The Hall–Kier alpha value is -2.48. The number of nitrogens with one attached hydrogen (secondary N) is 1. The van der Waals surface area contributed by atoms with Crippen LogP contribution in [0.25, 0.3) is 5.69 Å². The minimum atomic E-state index is -0.103. The minimum absolute atomic E-state index is 0.103. The average molecular weight is 302 g/mol. The first-order valence-corrected chi connectivity index (χ1v) is 7.18. The lowest BCUT2D eigenvalue weighted by molar-refractivity contribution is 0.128. The minimum Gasteiger partial charge on any atom is -0.383 e. The Morgan fingerprint density at radius 2 is 2.41 bits per heavy atom. The van der Waals surface area contributed by atoms with Gasteiger partial charge in [-0.05, 0) is 41.5 Å². The zero-order valence-corrected chi connectivity index (χ0v) is 12.3. The third-order valence-corrected chi connectivity index (χ3v) is 3.71. The molecule has 0 spiro atoms. The lowest BCUT2D eigenvalue weighted by atomic mass is 10.2. The average Bonchev–Trinajstić information content (AvgIpc) is 3.19. The molecule has 22 heavy (non-hydrogen) atoms. The number of likely N-dealkylation sites (tertiary alicyclic amines) is 1. The maximum Gasteiger partial charge on any atom is 0.322 e. The number of ether oxygens (including phenoxy) is 1. The standard InChI is InChI=1S/C14H18N6O2/c1-22-9-13-6-3-7-19(13)14(21)16-11-4-2-5-12(8-11)20-10-15-17-18-20/h2,4-5,8,10,13H,3,6-7,9H2,1H3,(H,16,21)/t13-/m0/s1. The summed E-state index contributed by atoms with van der Waals surface area (Å²) in [7, 11) is 1.66. The molecule has 1 aromatic heterocycles. The van der Waals surface area contributed by atoms with E-state index in [2.05, 4.69) is 20.8 Å². The Morgan fingerprint density at radius 1 is 1.50 bits per heavy atom. The number of carbonyl (C=O) groups excluding carboxylic acids is 1. The van der Waals surface area contributed by atoms with E-state index in [0.29, 0.717) is 12.3 Å². The zero-order valence-electron chi connectivity index (χ0n) is 12.3. The summed E-state index contributed by atoms with van der Waals surface area (Å²) in [6.07, 6.45) is 3.49. The Balaban J connectivity index is 1.70. The molecule has 1 fully saturated rings. The fourth-order valence-corrected chi connectivity index (χ4v) is 2.67. The van der Waals surface area contributed by atoms with Crippen molar-refractivity contribution < 1.29 is 9.53 Å². The molecule has 8 nitrogen and oxygen atoms in total. The van der Waals surface area contributed by atoms with Gasteiger partial charge >= 0.3 is 6.03 Å². The van der Waals surface area contributed by atoms with Gasteiger partial charge in [-0.15, -0.1) is 5.10 Å². The molecule has 2 aromatic rings. The second kappa shape index (κ2) is 6.52. The molecule has 116 valence electrons. The Morgan fingerprint density at radius 3 is 3.18 bits per heavy atom. The topological polar surface area (TPSA) is 85.2 Å². The van der Waals surface area contributed by atoms with Gasteiger partial charge in [0.05, 0.1) is 18.3 Å². The molecule has 3 rings (SSSR count). The van der Waals surface area contributed by atoms with Gasteiger partial charge in [0.1, 0.15) is 6.33 Å². The molecule has 2 amide bonds. The number of aromatic nitrogens is 4. The van der Waals surface area contributed by atoms with Gasteiger partial charge in [0.2, 0.25) is 0 Å². The van der Waals surface area contributed by atoms with Gasteiger partial charge in [0, 0.05) is 19.3 Å². The number of hydrogen-bond acceptors (Lipinski definition) is 5. The van der Waals surface area contributed by atoms with Crippen LogP contribution >= 0.6 is 0 Å². The van der Waals surface area contributed by atoms with E-state index >= 15 is 0 Å². The third kappa shape index (κ3) is 3.06. The van der Waals surface area contributed by atoms with Gasteiger partial charge < -0.3 is 15.0 Å². The molecule has 1 aromatic carbocycles. The highest BCUT2D eigenvalue weighted by atomic mass is 16.5. The van der Waals surface area contributed by atoms with Crippen molar-refractivity contribution in [1.82, 2.24) is 25.1 Å². The van der Waals surface area contributed by atoms with Crippen LogP contribution in [0.3, 0.4) is 0 Å². The molecule has 0 saturated carbocycles. The number of urea groups is 1. The van der Waals surface area contributed by atoms with Gasteiger partial charge in [-0.3, -0.25) is 0 Å². The van der Waals surface area contributed by atoms with Crippen LogP contribution in [0.4, 0.5) is 10.5 Å².